The molecule has 17 heavy (non-hydrogen) atoms. The van der Waals surface area contributed by atoms with Gasteiger partial charge in [0.15, 0.2) is 0 Å². The maximum atomic E-state index is 4.04. The number of hydrogen-bond donors (Lipinski definition) is 1. The van der Waals surface area contributed by atoms with Gasteiger partial charge < -0.3 is 5.32 Å². The minimum Gasteiger partial charge on any atom is -0.310 e. The molecule has 1 rings (SSSR count). The van der Waals surface area contributed by atoms with Crippen LogP contribution >= 0.6 is 0 Å². The van der Waals surface area contributed by atoms with Gasteiger partial charge in [0.2, 0.25) is 0 Å². The molecule has 0 fully saturated rings. The average molecular weight is 231 g/mol. The third kappa shape index (κ3) is 3.71. The number of hydrogen-bond acceptors (Lipinski definition) is 1. The van der Waals surface area contributed by atoms with Crippen molar-refractivity contribution in [2.45, 2.75) is 47.1 Å². The lowest BCUT2D eigenvalue weighted by Crippen LogP contribution is -2.23. The largest absolute Gasteiger partial charge is 0.310 e. The minimum absolute atomic E-state index is 0.401. The summed E-state index contributed by atoms with van der Waals surface area (Å²) in [5.41, 5.74) is 6.79. The zero-order valence-corrected chi connectivity index (χ0v) is 11.9. The Balaban J connectivity index is 3.13. The van der Waals surface area contributed by atoms with E-state index in [9.17, 15) is 0 Å². The molecule has 1 unspecified atom stereocenters. The van der Waals surface area contributed by atoms with Crippen molar-refractivity contribution in [3.05, 3.63) is 46.5 Å². The van der Waals surface area contributed by atoms with E-state index < -0.39 is 0 Å². The van der Waals surface area contributed by atoms with Crippen LogP contribution in [0.15, 0.2) is 24.3 Å². The van der Waals surface area contributed by atoms with E-state index in [1.165, 1.54) is 27.8 Å². The van der Waals surface area contributed by atoms with Gasteiger partial charge in [-0.15, -0.1) is 6.58 Å². The highest BCUT2D eigenvalue weighted by Gasteiger charge is 2.15. The third-order valence-corrected chi connectivity index (χ3v) is 3.09. The average Bonchev–Trinajstić information content (AvgIpc) is 2.14. The summed E-state index contributed by atoms with van der Waals surface area (Å²) in [6.07, 6.45) is 1.01. The molecule has 94 valence electrons. The van der Waals surface area contributed by atoms with Crippen LogP contribution < -0.4 is 5.32 Å². The third-order valence-electron chi connectivity index (χ3n) is 3.09. The van der Waals surface area contributed by atoms with Crippen molar-refractivity contribution >= 4 is 0 Å². The van der Waals surface area contributed by atoms with E-state index in [0.717, 1.165) is 13.0 Å². The molecule has 0 saturated carbocycles. The Hall–Kier alpha value is -1.08. The van der Waals surface area contributed by atoms with Crippen molar-refractivity contribution in [3.8, 4) is 0 Å². The van der Waals surface area contributed by atoms with E-state index in [-0.39, 0.29) is 0 Å². The fraction of sp³-hybridized carbons (Fsp3) is 0.500. The van der Waals surface area contributed by atoms with Crippen LogP contribution in [0.25, 0.3) is 0 Å². The molecule has 0 spiro atoms. The quantitative estimate of drug-likeness (QED) is 0.748. The predicted octanol–water partition coefficient (Wildman–Crippen LogP) is 4.23. The Morgan fingerprint density at radius 1 is 1.24 bits per heavy atom. The standard InChI is InChI=1S/C16H25N/c1-7-17-15(8-11(2)3)16-13(5)9-12(4)10-14(16)6/h9-10,15,17H,2,7-8H2,1,3-6H3. The molecular formula is C16H25N. The van der Waals surface area contributed by atoms with Gasteiger partial charge in [-0.2, -0.15) is 0 Å². The summed E-state index contributed by atoms with van der Waals surface area (Å²) < 4.78 is 0. The minimum atomic E-state index is 0.401. The van der Waals surface area contributed by atoms with Crippen LogP contribution in [0.1, 0.15) is 48.6 Å². The van der Waals surface area contributed by atoms with Gasteiger partial charge in [0.25, 0.3) is 0 Å². The maximum absolute atomic E-state index is 4.04. The summed E-state index contributed by atoms with van der Waals surface area (Å²) in [7, 11) is 0. The van der Waals surface area contributed by atoms with Crippen molar-refractivity contribution in [1.82, 2.24) is 5.32 Å². The molecule has 1 N–H and O–H groups in total. The van der Waals surface area contributed by atoms with E-state index in [4.69, 9.17) is 0 Å². The molecule has 0 aliphatic carbocycles. The second-order valence-electron chi connectivity index (χ2n) is 5.08. The monoisotopic (exact) mass is 231 g/mol. The number of benzene rings is 1. The molecule has 0 radical (unpaired) electrons. The fourth-order valence-electron chi connectivity index (χ4n) is 2.61. The smallest absolute Gasteiger partial charge is 0.0362 e. The van der Waals surface area contributed by atoms with E-state index in [1.807, 2.05) is 0 Å². The number of nitrogens with one attached hydrogen (secondary N) is 1. The van der Waals surface area contributed by atoms with Crippen molar-refractivity contribution in [1.29, 1.82) is 0 Å². The van der Waals surface area contributed by atoms with Crippen LogP contribution in [0.4, 0.5) is 0 Å². The Bertz CT molecular complexity index is 381. The second kappa shape index (κ2) is 6.02. The Morgan fingerprint density at radius 2 is 1.76 bits per heavy atom. The van der Waals surface area contributed by atoms with E-state index in [1.54, 1.807) is 0 Å². The van der Waals surface area contributed by atoms with Crippen molar-refractivity contribution < 1.29 is 0 Å². The summed E-state index contributed by atoms with van der Waals surface area (Å²) in [4.78, 5) is 0. The van der Waals surface area contributed by atoms with Crippen LogP contribution in [0.2, 0.25) is 0 Å². The lowest BCUT2D eigenvalue weighted by molar-refractivity contribution is 0.543. The topological polar surface area (TPSA) is 12.0 Å². The van der Waals surface area contributed by atoms with E-state index in [0.29, 0.717) is 6.04 Å². The second-order valence-corrected chi connectivity index (χ2v) is 5.08. The normalized spacial score (nSPS) is 12.5. The lowest BCUT2D eigenvalue weighted by atomic mass is 9.91. The summed E-state index contributed by atoms with van der Waals surface area (Å²) in [5, 5.41) is 3.57. The van der Waals surface area contributed by atoms with E-state index in [2.05, 4.69) is 58.6 Å². The highest BCUT2D eigenvalue weighted by atomic mass is 14.9. The highest BCUT2D eigenvalue weighted by molar-refractivity contribution is 5.40. The highest BCUT2D eigenvalue weighted by Crippen LogP contribution is 2.27. The molecule has 0 aliphatic heterocycles. The van der Waals surface area contributed by atoms with Gasteiger partial charge >= 0.3 is 0 Å². The first-order valence-corrected chi connectivity index (χ1v) is 6.41. The molecule has 0 bridgehead atoms. The van der Waals surface area contributed by atoms with Gasteiger partial charge in [0.1, 0.15) is 0 Å². The number of aryl methyl sites for hydroxylation is 3. The zero-order chi connectivity index (χ0) is 13.0. The first-order valence-electron chi connectivity index (χ1n) is 6.41. The Morgan fingerprint density at radius 3 is 2.18 bits per heavy atom. The van der Waals surface area contributed by atoms with Crippen LogP contribution in [0.3, 0.4) is 0 Å². The molecule has 1 aromatic carbocycles. The number of rotatable bonds is 5. The zero-order valence-electron chi connectivity index (χ0n) is 11.9. The lowest BCUT2D eigenvalue weighted by Gasteiger charge is -2.23. The molecule has 0 amide bonds. The first-order chi connectivity index (χ1) is 7.95. The van der Waals surface area contributed by atoms with Gasteiger partial charge in [-0.3, -0.25) is 0 Å². The maximum Gasteiger partial charge on any atom is 0.0362 e. The molecule has 1 atom stereocenters. The summed E-state index contributed by atoms with van der Waals surface area (Å²) >= 11 is 0. The van der Waals surface area contributed by atoms with Crippen molar-refractivity contribution in [3.63, 3.8) is 0 Å². The molecule has 0 aliphatic rings. The predicted molar refractivity (Wildman–Crippen MR) is 76.5 cm³/mol. The molecule has 0 saturated heterocycles. The molecule has 1 aromatic rings. The van der Waals surface area contributed by atoms with Gasteiger partial charge in [-0.25, -0.2) is 0 Å². The molecular weight excluding hydrogens is 206 g/mol. The van der Waals surface area contributed by atoms with Gasteiger partial charge in [0.05, 0.1) is 0 Å². The molecule has 0 aromatic heterocycles. The molecule has 1 nitrogen and oxygen atoms in total. The van der Waals surface area contributed by atoms with Gasteiger partial charge in [-0.05, 0) is 57.4 Å². The molecule has 0 heterocycles. The SMILES string of the molecule is C=C(C)CC(NCC)c1c(C)cc(C)cc1C. The van der Waals surface area contributed by atoms with Gasteiger partial charge in [-0.1, -0.05) is 30.2 Å². The summed E-state index contributed by atoms with van der Waals surface area (Å²) in [5.74, 6) is 0. The van der Waals surface area contributed by atoms with Crippen molar-refractivity contribution in [2.24, 2.45) is 0 Å². The van der Waals surface area contributed by atoms with Crippen LogP contribution in [0.5, 0.6) is 0 Å². The van der Waals surface area contributed by atoms with Crippen molar-refractivity contribution in [2.75, 3.05) is 6.54 Å². The van der Waals surface area contributed by atoms with Crippen LogP contribution in [-0.4, -0.2) is 6.54 Å². The Labute approximate surface area is 106 Å². The van der Waals surface area contributed by atoms with E-state index >= 15 is 0 Å². The van der Waals surface area contributed by atoms with Gasteiger partial charge in [0, 0.05) is 6.04 Å². The summed E-state index contributed by atoms with van der Waals surface area (Å²) in [6.45, 7) is 15.9. The first kappa shape index (κ1) is 14.0. The van der Waals surface area contributed by atoms with Crippen LogP contribution in [-0.2, 0) is 0 Å². The fourth-order valence-corrected chi connectivity index (χ4v) is 2.61. The summed E-state index contributed by atoms with van der Waals surface area (Å²) in [6, 6.07) is 4.94. The van der Waals surface area contributed by atoms with Crippen LogP contribution in [0, 0.1) is 20.8 Å². The molecule has 1 heteroatoms. The Kier molecular flexibility index (Phi) is 4.95.